The third-order valence-electron chi connectivity index (χ3n) is 11.6. The first-order valence-corrected chi connectivity index (χ1v) is 18.0. The zero-order chi connectivity index (χ0) is 35.3. The highest BCUT2D eigenvalue weighted by molar-refractivity contribution is 6.13. The highest BCUT2D eigenvalue weighted by Crippen LogP contribution is 2.56. The van der Waals surface area contributed by atoms with Gasteiger partial charge in [0.25, 0.3) is 0 Å². The van der Waals surface area contributed by atoms with E-state index >= 15 is 0 Å². The fourth-order valence-electron chi connectivity index (χ4n) is 8.74. The minimum atomic E-state index is -0.109. The quantitative estimate of drug-likeness (QED) is 0.184. The smallest absolute Gasteiger partial charge is 0.0159 e. The first-order valence-electron chi connectivity index (χ1n) is 18.0. The first-order chi connectivity index (χ1) is 23.0. The lowest BCUT2D eigenvalue weighted by atomic mass is 9.78. The van der Waals surface area contributed by atoms with E-state index in [9.17, 15) is 0 Å². The zero-order valence-corrected chi connectivity index (χ0v) is 31.5. The highest BCUT2D eigenvalue weighted by Gasteiger charge is 2.40. The van der Waals surface area contributed by atoms with E-state index in [1.54, 1.807) is 0 Å². The van der Waals surface area contributed by atoms with E-state index in [1.165, 1.54) is 88.7 Å². The monoisotopic (exact) mass is 640 g/mol. The summed E-state index contributed by atoms with van der Waals surface area (Å²) in [6.45, 7) is 30.0. The van der Waals surface area contributed by atoms with Crippen LogP contribution in [0, 0.1) is 0 Å². The molecule has 0 bridgehead atoms. The normalized spacial score (nSPS) is 18.0. The Balaban J connectivity index is 1.47. The van der Waals surface area contributed by atoms with E-state index in [1.807, 2.05) is 0 Å². The number of hydrogen-bond donors (Lipinski definition) is 0. The van der Waals surface area contributed by atoms with Crippen LogP contribution in [0.15, 0.2) is 115 Å². The molecular weight excluding hydrogens is 589 g/mol. The van der Waals surface area contributed by atoms with Gasteiger partial charge in [0.1, 0.15) is 0 Å². The van der Waals surface area contributed by atoms with Gasteiger partial charge in [0.2, 0.25) is 0 Å². The van der Waals surface area contributed by atoms with Crippen LogP contribution in [-0.4, -0.2) is 0 Å². The molecule has 0 heteroatoms. The lowest BCUT2D eigenvalue weighted by Gasteiger charge is -2.25. The Morgan fingerprint density at radius 1 is 0.571 bits per heavy atom. The second-order valence-corrected chi connectivity index (χ2v) is 17.4. The Morgan fingerprint density at radius 2 is 1.14 bits per heavy atom. The van der Waals surface area contributed by atoms with Gasteiger partial charge in [-0.3, -0.25) is 0 Å². The summed E-state index contributed by atoms with van der Waals surface area (Å²) in [6.07, 6.45) is 4.42. The molecule has 0 aliphatic heterocycles. The van der Waals surface area contributed by atoms with E-state index in [2.05, 4.69) is 186 Å². The Hall–Kier alpha value is -4.42. The molecule has 0 aromatic heterocycles. The molecule has 5 aromatic carbocycles. The SMILES string of the molecule is C=CC(=C1C(=CC)C(C)(C)c2cc(C(C)(C)C)ccc21)c1ccc(-c2cccc3c2-c2ccc(C(C)(C)C)cc2C3(C)C)c2ccccc12. The molecule has 0 spiro atoms. The fourth-order valence-corrected chi connectivity index (χ4v) is 8.74. The molecule has 0 saturated heterocycles. The summed E-state index contributed by atoms with van der Waals surface area (Å²) >= 11 is 0. The molecule has 2 aliphatic carbocycles. The molecule has 0 N–H and O–H groups in total. The molecule has 248 valence electrons. The molecule has 7 rings (SSSR count). The highest BCUT2D eigenvalue weighted by atomic mass is 14.4. The van der Waals surface area contributed by atoms with Crippen LogP contribution in [0.2, 0.25) is 0 Å². The number of hydrogen-bond acceptors (Lipinski definition) is 0. The van der Waals surface area contributed by atoms with Crippen molar-refractivity contribution in [3.05, 3.63) is 154 Å². The Labute approximate surface area is 295 Å². The van der Waals surface area contributed by atoms with Crippen molar-refractivity contribution >= 4 is 21.9 Å². The van der Waals surface area contributed by atoms with Crippen molar-refractivity contribution in [1.29, 1.82) is 0 Å². The number of rotatable bonds is 3. The van der Waals surface area contributed by atoms with Gasteiger partial charge in [0.15, 0.2) is 0 Å². The van der Waals surface area contributed by atoms with E-state index in [4.69, 9.17) is 0 Å². The third-order valence-corrected chi connectivity index (χ3v) is 11.6. The molecule has 0 nitrogen and oxygen atoms in total. The number of benzene rings is 5. The van der Waals surface area contributed by atoms with Crippen LogP contribution in [0.4, 0.5) is 0 Å². The van der Waals surface area contributed by atoms with Crippen molar-refractivity contribution in [3.8, 4) is 22.3 Å². The molecule has 0 unspecified atom stereocenters. The lowest BCUT2D eigenvalue weighted by molar-refractivity contribution is 0.584. The third kappa shape index (κ3) is 4.93. The van der Waals surface area contributed by atoms with E-state index in [0.29, 0.717) is 0 Å². The maximum Gasteiger partial charge on any atom is 0.0159 e. The molecular formula is C49H52. The predicted molar refractivity (Wildman–Crippen MR) is 215 cm³/mol. The van der Waals surface area contributed by atoms with Gasteiger partial charge < -0.3 is 0 Å². The molecule has 49 heavy (non-hydrogen) atoms. The lowest BCUT2D eigenvalue weighted by Crippen LogP contribution is -2.17. The van der Waals surface area contributed by atoms with Crippen molar-refractivity contribution in [3.63, 3.8) is 0 Å². The minimum absolute atomic E-state index is 0.0729. The molecule has 5 aromatic rings. The van der Waals surface area contributed by atoms with Crippen molar-refractivity contribution < 1.29 is 0 Å². The van der Waals surface area contributed by atoms with E-state index in [0.717, 1.165) is 0 Å². The van der Waals surface area contributed by atoms with Crippen molar-refractivity contribution in [2.45, 2.75) is 97.8 Å². The molecule has 0 saturated carbocycles. The van der Waals surface area contributed by atoms with Crippen LogP contribution in [0.1, 0.15) is 115 Å². The standard InChI is InChI=1S/C49H52/c1-13-32(44-38-24-22-30(46(3,4)5)28-42(38)48(9,10)40(44)14-2)35-26-27-36(34-19-16-15-18-33(34)35)37-20-17-21-41-45(37)39-25-23-31(47(6,7)8)29-43(39)49(41,11)12/h13-29H,1H2,2-12H3. The summed E-state index contributed by atoms with van der Waals surface area (Å²) in [7, 11) is 0. The van der Waals surface area contributed by atoms with E-state index < -0.39 is 0 Å². The van der Waals surface area contributed by atoms with Crippen LogP contribution in [-0.2, 0) is 21.7 Å². The summed E-state index contributed by atoms with van der Waals surface area (Å²) < 4.78 is 0. The van der Waals surface area contributed by atoms with Crippen molar-refractivity contribution in [2.75, 3.05) is 0 Å². The van der Waals surface area contributed by atoms with Crippen molar-refractivity contribution in [1.82, 2.24) is 0 Å². The number of allylic oxidation sites excluding steroid dienone is 5. The molecule has 0 amide bonds. The van der Waals surface area contributed by atoms with Crippen LogP contribution in [0.3, 0.4) is 0 Å². The second-order valence-electron chi connectivity index (χ2n) is 17.4. The van der Waals surface area contributed by atoms with Gasteiger partial charge in [-0.1, -0.05) is 179 Å². The summed E-state index contributed by atoms with van der Waals surface area (Å²) in [5, 5.41) is 2.53. The summed E-state index contributed by atoms with van der Waals surface area (Å²) in [5.41, 5.74) is 18.8. The van der Waals surface area contributed by atoms with Gasteiger partial charge in [0, 0.05) is 10.8 Å². The largest absolute Gasteiger partial charge is 0.0984 e. The molecule has 0 fully saturated rings. The molecule has 0 radical (unpaired) electrons. The summed E-state index contributed by atoms with van der Waals surface area (Å²) in [4.78, 5) is 0. The molecule has 0 atom stereocenters. The van der Waals surface area contributed by atoms with E-state index in [-0.39, 0.29) is 21.7 Å². The topological polar surface area (TPSA) is 0 Å². The Morgan fingerprint density at radius 3 is 1.73 bits per heavy atom. The maximum atomic E-state index is 4.44. The summed E-state index contributed by atoms with van der Waals surface area (Å²) in [5.74, 6) is 0. The molecule has 2 aliphatic rings. The van der Waals surface area contributed by atoms with Gasteiger partial charge in [-0.15, -0.1) is 0 Å². The van der Waals surface area contributed by atoms with Crippen LogP contribution >= 0.6 is 0 Å². The first kappa shape index (κ1) is 33.1. The van der Waals surface area contributed by atoms with Gasteiger partial charge in [-0.2, -0.15) is 0 Å². The van der Waals surface area contributed by atoms with Gasteiger partial charge in [-0.05, 0) is 106 Å². The predicted octanol–water partition coefficient (Wildman–Crippen LogP) is 13.7. The fraction of sp³-hybridized carbons (Fsp3) is 0.306. The van der Waals surface area contributed by atoms with Crippen LogP contribution in [0.5, 0.6) is 0 Å². The minimum Gasteiger partial charge on any atom is -0.0984 e. The summed E-state index contributed by atoms with van der Waals surface area (Å²) in [6, 6.07) is 35.0. The zero-order valence-electron chi connectivity index (χ0n) is 31.5. The second kappa shape index (κ2) is 11.0. The Bertz CT molecular complexity index is 2240. The Kier molecular flexibility index (Phi) is 7.46. The van der Waals surface area contributed by atoms with Crippen molar-refractivity contribution in [2.24, 2.45) is 0 Å². The van der Waals surface area contributed by atoms with Gasteiger partial charge >= 0.3 is 0 Å². The van der Waals surface area contributed by atoms with Gasteiger partial charge in [0.05, 0.1) is 0 Å². The number of fused-ring (bicyclic) bond motifs is 5. The van der Waals surface area contributed by atoms with Gasteiger partial charge in [-0.25, -0.2) is 0 Å². The average Bonchev–Trinajstić information content (AvgIpc) is 3.43. The van der Waals surface area contributed by atoms with Crippen LogP contribution < -0.4 is 0 Å². The maximum absolute atomic E-state index is 4.44. The van der Waals surface area contributed by atoms with Crippen LogP contribution in [0.25, 0.3) is 44.2 Å². The average molecular weight is 641 g/mol. The molecule has 0 heterocycles.